The molecular weight excluding hydrogens is 330 g/mol. The third kappa shape index (κ3) is 3.16. The summed E-state index contributed by atoms with van der Waals surface area (Å²) in [6.07, 6.45) is 3.24. The number of carbonyl (C=O) groups excluding carboxylic acids is 1. The summed E-state index contributed by atoms with van der Waals surface area (Å²) in [6.45, 7) is 0. The van der Waals surface area contributed by atoms with Crippen molar-refractivity contribution in [2.24, 2.45) is 10.7 Å². The van der Waals surface area contributed by atoms with E-state index in [2.05, 4.69) is 20.3 Å². The normalized spacial score (nSPS) is 11.5. The van der Waals surface area contributed by atoms with Crippen LogP contribution in [0.3, 0.4) is 0 Å². The van der Waals surface area contributed by atoms with Gasteiger partial charge in [-0.2, -0.15) is 4.99 Å². The number of H-pyrrole nitrogens is 1. The van der Waals surface area contributed by atoms with E-state index < -0.39 is 5.91 Å². The quantitative estimate of drug-likeness (QED) is 0.501. The van der Waals surface area contributed by atoms with E-state index >= 15 is 0 Å². The molecule has 0 bridgehead atoms. The summed E-state index contributed by atoms with van der Waals surface area (Å²) in [5, 5.41) is 3.73. The van der Waals surface area contributed by atoms with Gasteiger partial charge in [0.05, 0.1) is 16.7 Å². The van der Waals surface area contributed by atoms with E-state index in [0.29, 0.717) is 27.4 Å². The molecule has 0 radical (unpaired) electrons. The summed E-state index contributed by atoms with van der Waals surface area (Å²) >= 11 is 6.21. The van der Waals surface area contributed by atoms with Crippen LogP contribution in [-0.2, 0) is 0 Å². The molecule has 0 spiro atoms. The van der Waals surface area contributed by atoms with Crippen LogP contribution < -0.4 is 15.8 Å². The first kappa shape index (κ1) is 15.8. The number of pyridine rings is 1. The minimum atomic E-state index is -0.513. The summed E-state index contributed by atoms with van der Waals surface area (Å²) < 4.78 is 5.81. The monoisotopic (exact) mass is 343 g/mol. The Hall–Kier alpha value is -3.06. The highest BCUT2D eigenvalue weighted by atomic mass is 35.5. The van der Waals surface area contributed by atoms with Crippen molar-refractivity contribution in [1.29, 1.82) is 0 Å². The Bertz CT molecular complexity index is 921. The Labute approximate surface area is 142 Å². The molecule has 1 amide bonds. The lowest BCUT2D eigenvalue weighted by molar-refractivity contribution is 0.0998. The second kappa shape index (κ2) is 6.59. The van der Waals surface area contributed by atoms with E-state index in [9.17, 15) is 4.79 Å². The molecule has 7 nitrogen and oxygen atoms in total. The van der Waals surface area contributed by atoms with Gasteiger partial charge in [0.25, 0.3) is 5.91 Å². The van der Waals surface area contributed by atoms with E-state index in [-0.39, 0.29) is 11.7 Å². The first-order valence-corrected chi connectivity index (χ1v) is 7.41. The molecule has 3 rings (SSSR count). The molecule has 0 unspecified atom stereocenters. The summed E-state index contributed by atoms with van der Waals surface area (Å²) in [6, 6.07) is 8.57. The Kier molecular flexibility index (Phi) is 4.35. The fourth-order valence-electron chi connectivity index (χ4n) is 2.12. The van der Waals surface area contributed by atoms with Crippen LogP contribution in [0.5, 0.6) is 11.5 Å². The largest absolute Gasteiger partial charge is 0.454 e. The number of hydrogen-bond donors (Lipinski definition) is 3. The highest BCUT2D eigenvalue weighted by Crippen LogP contribution is 2.34. The van der Waals surface area contributed by atoms with Crippen molar-refractivity contribution in [3.8, 4) is 11.5 Å². The van der Waals surface area contributed by atoms with Crippen molar-refractivity contribution in [3.05, 3.63) is 53.4 Å². The number of guanidine groups is 1. The van der Waals surface area contributed by atoms with Crippen LogP contribution in [0.25, 0.3) is 10.9 Å². The lowest BCUT2D eigenvalue weighted by atomic mass is 10.2. The molecule has 8 heteroatoms. The van der Waals surface area contributed by atoms with E-state index in [1.54, 1.807) is 49.8 Å². The fraction of sp³-hybridized carbons (Fsp3) is 0.0625. The molecule has 3 aromatic rings. The molecule has 2 heterocycles. The molecule has 0 aliphatic carbocycles. The van der Waals surface area contributed by atoms with E-state index in [0.717, 1.165) is 0 Å². The van der Waals surface area contributed by atoms with Crippen LogP contribution in [0.15, 0.2) is 47.7 Å². The maximum atomic E-state index is 12.1. The molecule has 0 atom stereocenters. The third-order valence-corrected chi connectivity index (χ3v) is 3.60. The van der Waals surface area contributed by atoms with Gasteiger partial charge >= 0.3 is 0 Å². The van der Waals surface area contributed by atoms with Crippen molar-refractivity contribution in [2.45, 2.75) is 0 Å². The summed E-state index contributed by atoms with van der Waals surface area (Å²) in [5.41, 5.74) is 6.36. The summed E-state index contributed by atoms with van der Waals surface area (Å²) in [7, 11) is 1.58. The number of aliphatic imine (C=N–C) groups is 1. The molecule has 24 heavy (non-hydrogen) atoms. The standard InChI is InChI=1S/C16H14ClN5O2/c1-19-16(18)22-15(23)12-7-10-11(17)4-5-13(14(10)21-12)24-9-3-2-6-20-8-9/h2-8,21H,1H3,(H3,18,19,22,23). The minimum Gasteiger partial charge on any atom is -0.454 e. The Balaban J connectivity index is 2.03. The highest BCUT2D eigenvalue weighted by molar-refractivity contribution is 6.35. The van der Waals surface area contributed by atoms with Gasteiger partial charge in [-0.25, -0.2) is 0 Å². The smallest absolute Gasteiger partial charge is 0.296 e. The van der Waals surface area contributed by atoms with Crippen molar-refractivity contribution < 1.29 is 9.53 Å². The molecule has 122 valence electrons. The van der Waals surface area contributed by atoms with Crippen molar-refractivity contribution in [1.82, 2.24) is 15.3 Å². The van der Waals surface area contributed by atoms with Crippen LogP contribution in [0.1, 0.15) is 10.5 Å². The fourth-order valence-corrected chi connectivity index (χ4v) is 2.33. The van der Waals surface area contributed by atoms with Gasteiger partial charge in [0.1, 0.15) is 11.4 Å². The zero-order chi connectivity index (χ0) is 17.1. The lowest BCUT2D eigenvalue weighted by Crippen LogP contribution is -2.28. The molecule has 0 saturated heterocycles. The number of nitrogens with one attached hydrogen (secondary N) is 2. The van der Waals surface area contributed by atoms with Crippen LogP contribution in [-0.4, -0.2) is 28.9 Å². The maximum absolute atomic E-state index is 12.1. The third-order valence-electron chi connectivity index (χ3n) is 3.27. The van der Waals surface area contributed by atoms with Gasteiger partial charge in [0.2, 0.25) is 0 Å². The molecule has 0 fully saturated rings. The van der Waals surface area contributed by atoms with Crippen molar-refractivity contribution in [2.75, 3.05) is 7.05 Å². The number of rotatable bonds is 3. The number of aromatic nitrogens is 2. The molecule has 2 aromatic heterocycles. The number of nitrogens with zero attached hydrogens (tertiary/aromatic N) is 2. The number of fused-ring (bicyclic) bond motifs is 1. The lowest BCUT2D eigenvalue weighted by Gasteiger charge is -2.06. The second-order valence-corrected chi connectivity index (χ2v) is 5.27. The van der Waals surface area contributed by atoms with Crippen LogP contribution in [0.2, 0.25) is 5.02 Å². The van der Waals surface area contributed by atoms with E-state index in [4.69, 9.17) is 22.1 Å². The highest BCUT2D eigenvalue weighted by Gasteiger charge is 2.15. The predicted octanol–water partition coefficient (Wildman–Crippen LogP) is 2.68. The Morgan fingerprint density at radius 3 is 2.96 bits per heavy atom. The number of nitrogens with two attached hydrogens (primary N) is 1. The first-order valence-electron chi connectivity index (χ1n) is 7.04. The van der Waals surface area contributed by atoms with Gasteiger partial charge in [-0.3, -0.25) is 9.78 Å². The van der Waals surface area contributed by atoms with Gasteiger partial charge in [0.15, 0.2) is 11.7 Å². The number of ether oxygens (including phenoxy) is 1. The maximum Gasteiger partial charge on any atom is 0.296 e. The van der Waals surface area contributed by atoms with E-state index in [1.807, 2.05) is 0 Å². The molecule has 0 aliphatic rings. The number of hydrogen-bond acceptors (Lipinski definition) is 3. The number of aromatic amines is 1. The average Bonchev–Trinajstić information content (AvgIpc) is 3.05. The number of benzene rings is 1. The zero-order valence-electron chi connectivity index (χ0n) is 12.7. The van der Waals surface area contributed by atoms with Crippen LogP contribution in [0, 0.1) is 0 Å². The topological polar surface area (TPSA) is 105 Å². The molecular formula is C16H14ClN5O2. The van der Waals surface area contributed by atoms with E-state index in [1.165, 1.54) is 0 Å². The average molecular weight is 344 g/mol. The summed E-state index contributed by atoms with van der Waals surface area (Å²) in [5.74, 6) is 0.603. The van der Waals surface area contributed by atoms with Crippen LogP contribution >= 0.6 is 11.6 Å². The van der Waals surface area contributed by atoms with Gasteiger partial charge in [-0.1, -0.05) is 11.6 Å². The number of carbonyl (C=O) groups is 1. The molecule has 0 saturated carbocycles. The number of halogens is 1. The van der Waals surface area contributed by atoms with Gasteiger partial charge in [-0.05, 0) is 30.3 Å². The minimum absolute atomic E-state index is 0.0246. The second-order valence-electron chi connectivity index (χ2n) is 4.86. The van der Waals surface area contributed by atoms with Crippen molar-refractivity contribution in [3.63, 3.8) is 0 Å². The molecule has 0 aliphatic heterocycles. The Morgan fingerprint density at radius 1 is 1.42 bits per heavy atom. The van der Waals surface area contributed by atoms with Crippen molar-refractivity contribution >= 4 is 34.4 Å². The summed E-state index contributed by atoms with van der Waals surface area (Å²) in [4.78, 5) is 22.8. The van der Waals surface area contributed by atoms with Gasteiger partial charge in [-0.15, -0.1) is 0 Å². The number of amides is 1. The van der Waals surface area contributed by atoms with Crippen LogP contribution in [0.4, 0.5) is 0 Å². The zero-order valence-corrected chi connectivity index (χ0v) is 13.5. The molecule has 4 N–H and O–H groups in total. The molecule has 1 aromatic carbocycles. The predicted molar refractivity (Wildman–Crippen MR) is 92.6 cm³/mol. The van der Waals surface area contributed by atoms with Gasteiger partial charge < -0.3 is 20.8 Å². The first-order chi connectivity index (χ1) is 11.6. The van der Waals surface area contributed by atoms with Gasteiger partial charge in [0, 0.05) is 18.6 Å². The SMILES string of the molecule is CNC(N)=NC(=O)c1cc2c(Cl)ccc(Oc3cccnc3)c2[nH]1. The Morgan fingerprint density at radius 2 is 2.25 bits per heavy atom.